The van der Waals surface area contributed by atoms with Crippen molar-refractivity contribution < 1.29 is 86.9 Å². The number of amides is 14. The largest absolute Gasteiger partial charge is 0.481 e. The van der Waals surface area contributed by atoms with Gasteiger partial charge in [0.25, 0.3) is 0 Å². The van der Waals surface area contributed by atoms with Crippen LogP contribution in [0.5, 0.6) is 0 Å². The van der Waals surface area contributed by atoms with E-state index in [-0.39, 0.29) is 57.5 Å². The number of likely N-dealkylation sites (tertiary alicyclic amines) is 2. The van der Waals surface area contributed by atoms with Crippen molar-refractivity contribution in [3.05, 3.63) is 35.9 Å². The fourth-order valence-electron chi connectivity index (χ4n) is 10.2. The van der Waals surface area contributed by atoms with Crippen molar-refractivity contribution >= 4 is 94.6 Å². The molecule has 516 valence electrons. The van der Waals surface area contributed by atoms with Crippen LogP contribution in [0.2, 0.25) is 0 Å². The van der Waals surface area contributed by atoms with Crippen LogP contribution < -0.4 is 70.0 Å². The second-order valence-electron chi connectivity index (χ2n) is 24.4. The highest BCUT2D eigenvalue weighted by Gasteiger charge is 2.40. The number of carbonyl (C=O) groups is 16. The smallest absolute Gasteiger partial charge is 0.326 e. The van der Waals surface area contributed by atoms with Crippen LogP contribution in [0, 0.1) is 23.7 Å². The maximum absolute atomic E-state index is 14.2. The lowest BCUT2D eigenvalue weighted by Crippen LogP contribution is -2.61. The number of nitrogens with two attached hydrogens (primary N) is 2. The lowest BCUT2D eigenvalue weighted by molar-refractivity contribution is -0.148. The van der Waals surface area contributed by atoms with Gasteiger partial charge in [0.2, 0.25) is 82.7 Å². The van der Waals surface area contributed by atoms with Crippen molar-refractivity contribution in [2.24, 2.45) is 35.1 Å². The molecule has 33 heteroatoms. The van der Waals surface area contributed by atoms with Crippen LogP contribution in [0.15, 0.2) is 30.3 Å². The van der Waals surface area contributed by atoms with Gasteiger partial charge < -0.3 is 90.0 Å². The van der Waals surface area contributed by atoms with Crippen LogP contribution in [0.4, 0.5) is 0 Å². The van der Waals surface area contributed by atoms with E-state index in [1.165, 1.54) is 25.7 Å². The number of rotatable bonds is 37. The van der Waals surface area contributed by atoms with Crippen LogP contribution in [-0.4, -0.2) is 214 Å². The topological polar surface area (TPSA) is 504 Å². The molecule has 0 aliphatic carbocycles. The molecule has 3 rings (SSSR count). The first kappa shape index (κ1) is 77.9. The highest BCUT2D eigenvalue weighted by molar-refractivity contribution is 6.00. The Balaban J connectivity index is 1.66. The first-order chi connectivity index (χ1) is 43.6. The molecule has 14 amide bonds. The lowest BCUT2D eigenvalue weighted by atomic mass is 9.99. The standard InChI is InChI=1S/C60H93N15O18/c1-30(2)23-37(53(85)66-34(9)51(83)64-28-46(80)75-22-14-18-41(75)60(92)93)68-44(78)27-63-57(89)49(32(5)6)73-56(88)40-17-13-21-74(40)45(79)29-65-58(90)48(31(3)4)71-55(87)39(25-47(81)82)69-54(86)38(24-35-15-11-10-12-16-35)70-59(91)50(33(7)8)72-52(84)36(19-20-42(62)76)67-43(77)26-61/h10-12,15-16,30-34,36-41,48-50H,13-14,17-29,61H2,1-9H3,(H2,62,76)(H,63,89)(H,64,83)(H,65,90)(H,66,85)(H,67,77)(H,68,78)(H,69,86)(H,70,91)(H,71,87)(H,72,84)(H,73,88)(H,81,82)(H,92,93)/t34-,36-,37-,38-,39-,40-,41-,48-,49-,50-/m0/s1. The summed E-state index contributed by atoms with van der Waals surface area (Å²) in [6, 6.07) is -4.98. The molecule has 0 spiro atoms. The second kappa shape index (κ2) is 37.9. The Morgan fingerprint density at radius 1 is 0.505 bits per heavy atom. The number of nitrogens with one attached hydrogen (secondary N) is 11. The Labute approximate surface area is 539 Å². The normalized spacial score (nSPS) is 17.0. The van der Waals surface area contributed by atoms with Crippen LogP contribution in [-0.2, 0) is 83.1 Å². The molecule has 33 nitrogen and oxygen atoms in total. The number of aliphatic carboxylic acids is 2. The number of hydrogen-bond acceptors (Lipinski definition) is 17. The highest BCUT2D eigenvalue weighted by Crippen LogP contribution is 2.20. The maximum Gasteiger partial charge on any atom is 0.326 e. The molecule has 0 saturated carbocycles. The Bertz CT molecular complexity index is 2870. The van der Waals surface area contributed by atoms with Crippen molar-refractivity contribution in [3.8, 4) is 0 Å². The van der Waals surface area contributed by atoms with E-state index in [1.807, 2.05) is 0 Å². The lowest BCUT2D eigenvalue weighted by Gasteiger charge is -2.29. The summed E-state index contributed by atoms with van der Waals surface area (Å²) in [5, 5.41) is 46.6. The molecule has 1 aromatic rings. The number of benzene rings is 1. The van der Waals surface area contributed by atoms with E-state index >= 15 is 0 Å². The minimum Gasteiger partial charge on any atom is -0.481 e. The fraction of sp³-hybridized carbons (Fsp3) is 0.633. The molecule has 0 radical (unpaired) electrons. The molecular formula is C60H93N15O18. The average molecular weight is 1310 g/mol. The van der Waals surface area contributed by atoms with Gasteiger partial charge in [0.05, 0.1) is 32.6 Å². The van der Waals surface area contributed by atoms with Crippen LogP contribution >= 0.6 is 0 Å². The Morgan fingerprint density at radius 2 is 0.968 bits per heavy atom. The van der Waals surface area contributed by atoms with E-state index in [2.05, 4.69) is 58.5 Å². The van der Waals surface area contributed by atoms with Gasteiger partial charge in [-0.1, -0.05) is 85.7 Å². The molecule has 2 aliphatic heterocycles. The summed E-state index contributed by atoms with van der Waals surface area (Å²) in [6.07, 6.45) is -0.376. The third-order valence-corrected chi connectivity index (χ3v) is 15.3. The minimum absolute atomic E-state index is 0.0701. The van der Waals surface area contributed by atoms with Gasteiger partial charge in [-0.15, -0.1) is 0 Å². The van der Waals surface area contributed by atoms with E-state index in [0.29, 0.717) is 18.4 Å². The first-order valence-corrected chi connectivity index (χ1v) is 31.0. The van der Waals surface area contributed by atoms with Crippen LogP contribution in [0.25, 0.3) is 0 Å². The summed E-state index contributed by atoms with van der Waals surface area (Å²) in [6.45, 7) is 12.3. The SMILES string of the molecule is CC(C)C[C@H](NC(=O)CNC(=O)[C@@H](NC(=O)[C@@H]1CCCN1C(=O)CNC(=O)[C@@H](NC(=O)[C@H](CC(=O)O)NC(=O)[C@H](Cc1ccccc1)NC(=O)[C@@H](NC(=O)[C@H](CCC(N)=O)NC(=O)CN)C(C)C)C(C)C)C(C)C)C(=O)N[C@@H](C)C(=O)NCC(=O)N1CCC[C@H]1C(=O)O. The Morgan fingerprint density at radius 3 is 1.48 bits per heavy atom. The van der Waals surface area contributed by atoms with E-state index < -0.39 is 205 Å². The molecule has 2 aliphatic rings. The van der Waals surface area contributed by atoms with Gasteiger partial charge in [-0.05, 0) is 74.7 Å². The molecule has 93 heavy (non-hydrogen) atoms. The average Bonchev–Trinajstić information content (AvgIpc) is 1.89. The summed E-state index contributed by atoms with van der Waals surface area (Å²) in [5.41, 5.74) is 11.2. The molecule has 2 heterocycles. The number of carboxylic acids is 2. The summed E-state index contributed by atoms with van der Waals surface area (Å²) in [4.78, 5) is 212. The fourth-order valence-corrected chi connectivity index (χ4v) is 10.2. The van der Waals surface area contributed by atoms with Gasteiger partial charge in [-0.25, -0.2) is 4.79 Å². The number of nitrogens with zero attached hydrogens (tertiary/aromatic N) is 2. The van der Waals surface area contributed by atoms with Crippen molar-refractivity contribution in [1.82, 2.24) is 68.3 Å². The molecule has 0 unspecified atom stereocenters. The van der Waals surface area contributed by atoms with Crippen molar-refractivity contribution in [1.29, 1.82) is 0 Å². The molecule has 0 bridgehead atoms. The van der Waals surface area contributed by atoms with Gasteiger partial charge in [0.15, 0.2) is 0 Å². The van der Waals surface area contributed by atoms with Crippen molar-refractivity contribution in [2.75, 3.05) is 39.3 Å². The van der Waals surface area contributed by atoms with E-state index in [9.17, 15) is 86.9 Å². The zero-order valence-corrected chi connectivity index (χ0v) is 54.1. The van der Waals surface area contributed by atoms with E-state index in [1.54, 1.807) is 71.9 Å². The van der Waals surface area contributed by atoms with E-state index in [4.69, 9.17) is 11.5 Å². The van der Waals surface area contributed by atoms with Gasteiger partial charge >= 0.3 is 11.9 Å². The van der Waals surface area contributed by atoms with E-state index in [0.717, 1.165) is 4.90 Å². The summed E-state index contributed by atoms with van der Waals surface area (Å²) >= 11 is 0. The Kier molecular flexibility index (Phi) is 31.8. The van der Waals surface area contributed by atoms with Gasteiger partial charge in [0.1, 0.15) is 60.4 Å². The third kappa shape index (κ3) is 25.7. The molecule has 2 saturated heterocycles. The molecular weight excluding hydrogens is 1220 g/mol. The van der Waals surface area contributed by atoms with Gasteiger partial charge in [0, 0.05) is 25.9 Å². The highest BCUT2D eigenvalue weighted by atomic mass is 16.4. The zero-order valence-electron chi connectivity index (χ0n) is 54.1. The first-order valence-electron chi connectivity index (χ1n) is 31.0. The number of carboxylic acid groups (broad SMARTS) is 2. The quantitative estimate of drug-likeness (QED) is 0.0297. The third-order valence-electron chi connectivity index (χ3n) is 15.3. The number of carbonyl (C=O) groups excluding carboxylic acids is 14. The van der Waals surface area contributed by atoms with Gasteiger partial charge in [-0.2, -0.15) is 0 Å². The predicted molar refractivity (Wildman–Crippen MR) is 331 cm³/mol. The zero-order chi connectivity index (χ0) is 70.0. The second-order valence-corrected chi connectivity index (χ2v) is 24.4. The monoisotopic (exact) mass is 1310 g/mol. The molecule has 10 atom stereocenters. The number of primary amides is 1. The predicted octanol–water partition coefficient (Wildman–Crippen LogP) is -4.74. The molecule has 17 N–H and O–H groups in total. The molecule has 0 aromatic heterocycles. The minimum atomic E-state index is -1.86. The molecule has 2 fully saturated rings. The number of hydrogen-bond donors (Lipinski definition) is 15. The van der Waals surface area contributed by atoms with Crippen molar-refractivity contribution in [2.45, 2.75) is 181 Å². The maximum atomic E-state index is 14.2. The summed E-state index contributed by atoms with van der Waals surface area (Å²) in [5.74, 6) is -16.3. The van der Waals surface area contributed by atoms with Crippen LogP contribution in [0.1, 0.15) is 119 Å². The van der Waals surface area contributed by atoms with Crippen LogP contribution in [0.3, 0.4) is 0 Å². The summed E-state index contributed by atoms with van der Waals surface area (Å²) < 4.78 is 0. The van der Waals surface area contributed by atoms with Gasteiger partial charge in [-0.3, -0.25) is 71.9 Å². The summed E-state index contributed by atoms with van der Waals surface area (Å²) in [7, 11) is 0. The van der Waals surface area contributed by atoms with Crippen molar-refractivity contribution in [3.63, 3.8) is 0 Å². The Hall–Kier alpha value is -9.30. The molecule has 1 aromatic carbocycles.